The summed E-state index contributed by atoms with van der Waals surface area (Å²) in [6.07, 6.45) is 0. The van der Waals surface area contributed by atoms with Gasteiger partial charge in [0.1, 0.15) is 0 Å². The van der Waals surface area contributed by atoms with Crippen molar-refractivity contribution < 1.29 is 0 Å². The first-order valence-corrected chi connectivity index (χ1v) is 18.3. The highest BCUT2D eigenvalue weighted by Crippen LogP contribution is 2.34. The maximum absolute atomic E-state index is 13.3. The Bertz CT molecular complexity index is 3250. The van der Waals surface area contributed by atoms with Crippen LogP contribution in [-0.2, 0) is 0 Å². The standard InChI is InChI=1S/C26H15N3OS.C14H7BrN2OS.CH4.HI/c30-25-19-14-13-16(15-24(19)31-26-27-20-9-3-6-12-23(20)29(25)26)28-21-10-4-1-7-17(21)18-8-2-5-11-22(18)28;15-8-5-6-9-12(7-8)19-14-16-10-3-1-2-4-11(10)17(14)13(9)18;;/h1-15H;1-7H;1H4;1H. The molecule has 0 saturated carbocycles. The van der Waals surface area contributed by atoms with Crippen molar-refractivity contribution in [3.63, 3.8) is 0 Å². The maximum Gasteiger partial charge on any atom is 0.266 e. The minimum absolute atomic E-state index is 0. The molecule has 0 aliphatic rings. The number of nitrogens with zero attached hydrogens (tertiary/aromatic N) is 5. The molecule has 5 aromatic heterocycles. The van der Waals surface area contributed by atoms with Gasteiger partial charge in [-0.05, 0) is 72.8 Å². The van der Waals surface area contributed by atoms with Crippen molar-refractivity contribution >= 4 is 137 Å². The topological polar surface area (TPSA) is 73.7 Å². The molecule has 0 bridgehead atoms. The molecule has 0 atom stereocenters. The molecule has 0 N–H and O–H groups in total. The average molecular weight is 893 g/mol. The molecule has 0 amide bonds. The van der Waals surface area contributed by atoms with Crippen molar-refractivity contribution in [2.45, 2.75) is 7.43 Å². The summed E-state index contributed by atoms with van der Waals surface area (Å²) in [5.74, 6) is 0. The lowest BCUT2D eigenvalue weighted by molar-refractivity contribution is 1.18. The number of benzene rings is 6. The molecule has 7 nitrogen and oxygen atoms in total. The van der Waals surface area contributed by atoms with E-state index in [0.717, 1.165) is 68.0 Å². The first kappa shape index (κ1) is 34.2. The van der Waals surface area contributed by atoms with E-state index in [1.165, 1.54) is 22.1 Å². The second-order valence-corrected chi connectivity index (χ2v) is 14.9. The van der Waals surface area contributed by atoms with E-state index in [1.54, 1.807) is 20.1 Å². The molecule has 5 heterocycles. The first-order valence-electron chi connectivity index (χ1n) is 15.9. The molecular formula is C41H27BrIN5O2S2. The summed E-state index contributed by atoms with van der Waals surface area (Å²) in [5.41, 5.74) is 6.73. The van der Waals surface area contributed by atoms with E-state index in [2.05, 4.69) is 80.1 Å². The van der Waals surface area contributed by atoms with Crippen LogP contribution in [0.5, 0.6) is 0 Å². The van der Waals surface area contributed by atoms with Crippen LogP contribution in [0.2, 0.25) is 0 Å². The lowest BCUT2D eigenvalue weighted by atomic mass is 10.2. The largest absolute Gasteiger partial charge is 0.309 e. The predicted molar refractivity (Wildman–Crippen MR) is 233 cm³/mol. The van der Waals surface area contributed by atoms with Crippen LogP contribution in [0.3, 0.4) is 0 Å². The fourth-order valence-electron chi connectivity index (χ4n) is 6.84. The second kappa shape index (κ2) is 13.2. The molecule has 0 aliphatic carbocycles. The van der Waals surface area contributed by atoms with E-state index in [-0.39, 0.29) is 42.5 Å². The highest BCUT2D eigenvalue weighted by Gasteiger charge is 2.15. The summed E-state index contributed by atoms with van der Waals surface area (Å²) in [6.45, 7) is 0. The number of rotatable bonds is 1. The van der Waals surface area contributed by atoms with Gasteiger partial charge in [-0.15, -0.1) is 24.0 Å². The van der Waals surface area contributed by atoms with Crippen molar-refractivity contribution in [1.82, 2.24) is 23.3 Å². The van der Waals surface area contributed by atoms with Gasteiger partial charge >= 0.3 is 0 Å². The average Bonchev–Trinajstić information content (AvgIpc) is 3.81. The van der Waals surface area contributed by atoms with Gasteiger partial charge in [-0.25, -0.2) is 18.8 Å². The molecule has 0 unspecified atom stereocenters. The van der Waals surface area contributed by atoms with Gasteiger partial charge in [-0.3, -0.25) is 9.59 Å². The van der Waals surface area contributed by atoms with E-state index in [1.807, 2.05) is 78.9 Å². The van der Waals surface area contributed by atoms with Gasteiger partial charge in [0.15, 0.2) is 9.92 Å². The fourth-order valence-corrected chi connectivity index (χ4v) is 9.48. The van der Waals surface area contributed by atoms with Crippen LogP contribution in [0.4, 0.5) is 0 Å². The lowest BCUT2D eigenvalue weighted by Crippen LogP contribution is -2.11. The zero-order chi connectivity index (χ0) is 33.5. The summed E-state index contributed by atoms with van der Waals surface area (Å²) in [4.78, 5) is 36.6. The smallest absolute Gasteiger partial charge is 0.266 e. The van der Waals surface area contributed by atoms with Crippen molar-refractivity contribution in [3.8, 4) is 5.69 Å². The summed E-state index contributed by atoms with van der Waals surface area (Å²) >= 11 is 6.51. The van der Waals surface area contributed by atoms with Gasteiger partial charge in [-0.2, -0.15) is 0 Å². The number of hydrogen-bond acceptors (Lipinski definition) is 6. The minimum Gasteiger partial charge on any atom is -0.309 e. The van der Waals surface area contributed by atoms with Crippen molar-refractivity contribution in [3.05, 3.63) is 159 Å². The van der Waals surface area contributed by atoms with Crippen molar-refractivity contribution in [2.24, 2.45) is 0 Å². The van der Waals surface area contributed by atoms with E-state index in [0.29, 0.717) is 5.39 Å². The molecule has 0 aliphatic heterocycles. The zero-order valence-corrected chi connectivity index (χ0v) is 31.9. The number of halogens is 2. The summed E-state index contributed by atoms with van der Waals surface area (Å²) < 4.78 is 8.54. The molecule has 0 saturated heterocycles. The molecule has 0 radical (unpaired) electrons. The van der Waals surface area contributed by atoms with Crippen LogP contribution >= 0.6 is 62.6 Å². The Balaban J connectivity index is 0.000000159. The molecular weight excluding hydrogens is 865 g/mol. The Kier molecular flexibility index (Phi) is 8.69. The monoisotopic (exact) mass is 891 g/mol. The SMILES string of the molecule is C.I.O=c1c2ccc(-n3c4ccccc4c4ccccc43)cc2sc2nc3ccccc3n12.O=c1c2ccc(Br)cc2sc2nc3ccccc3n12. The molecule has 11 rings (SSSR count). The third-order valence-electron chi connectivity index (χ3n) is 9.08. The van der Waals surface area contributed by atoms with Crippen LogP contribution in [0, 0.1) is 0 Å². The number of para-hydroxylation sites is 6. The highest BCUT2D eigenvalue weighted by molar-refractivity contribution is 14.0. The van der Waals surface area contributed by atoms with Crippen LogP contribution in [0.1, 0.15) is 7.43 Å². The Morgan fingerprint density at radius 3 is 1.48 bits per heavy atom. The number of imidazole rings is 2. The Morgan fingerprint density at radius 1 is 0.500 bits per heavy atom. The quantitative estimate of drug-likeness (QED) is 0.154. The number of fused-ring (bicyclic) bond motifs is 11. The van der Waals surface area contributed by atoms with Gasteiger partial charge < -0.3 is 4.57 Å². The second-order valence-electron chi connectivity index (χ2n) is 11.9. The van der Waals surface area contributed by atoms with Gasteiger partial charge in [0.2, 0.25) is 0 Å². The van der Waals surface area contributed by atoms with E-state index < -0.39 is 0 Å². The highest BCUT2D eigenvalue weighted by atomic mass is 127. The van der Waals surface area contributed by atoms with Gasteiger partial charge in [-0.1, -0.05) is 107 Å². The molecule has 11 heteroatoms. The van der Waals surface area contributed by atoms with Gasteiger partial charge in [0, 0.05) is 30.3 Å². The molecule has 0 spiro atoms. The molecule has 6 aromatic carbocycles. The Hall–Kier alpha value is -4.95. The first-order chi connectivity index (χ1) is 24.5. The molecule has 11 aromatic rings. The van der Waals surface area contributed by atoms with E-state index in [4.69, 9.17) is 4.98 Å². The summed E-state index contributed by atoms with van der Waals surface area (Å²) in [5, 5.41) is 3.89. The maximum atomic E-state index is 13.3. The number of hydrogen-bond donors (Lipinski definition) is 0. The zero-order valence-electron chi connectivity index (χ0n) is 26.4. The molecule has 0 fully saturated rings. The van der Waals surface area contributed by atoms with Crippen LogP contribution < -0.4 is 11.1 Å². The van der Waals surface area contributed by atoms with Crippen LogP contribution in [0.25, 0.3) is 79.7 Å². The summed E-state index contributed by atoms with van der Waals surface area (Å²) in [7, 11) is 0. The normalized spacial score (nSPS) is 11.4. The third kappa shape index (κ3) is 5.25. The Morgan fingerprint density at radius 2 is 0.942 bits per heavy atom. The third-order valence-corrected chi connectivity index (χ3v) is 11.6. The van der Waals surface area contributed by atoms with Crippen molar-refractivity contribution in [2.75, 3.05) is 0 Å². The van der Waals surface area contributed by atoms with Crippen LogP contribution in [-0.4, -0.2) is 23.3 Å². The van der Waals surface area contributed by atoms with Gasteiger partial charge in [0.05, 0.1) is 43.9 Å². The molecule has 52 heavy (non-hydrogen) atoms. The number of aromatic nitrogens is 5. The summed E-state index contributed by atoms with van der Waals surface area (Å²) in [6, 6.07) is 44.2. The van der Waals surface area contributed by atoms with E-state index >= 15 is 0 Å². The molecule has 254 valence electrons. The fraction of sp³-hybridized carbons (Fsp3) is 0.0244. The predicted octanol–water partition coefficient (Wildman–Crippen LogP) is 11.2. The van der Waals surface area contributed by atoms with Crippen LogP contribution in [0.15, 0.2) is 148 Å². The van der Waals surface area contributed by atoms with Gasteiger partial charge in [0.25, 0.3) is 11.1 Å². The Labute approximate surface area is 329 Å². The van der Waals surface area contributed by atoms with E-state index in [9.17, 15) is 9.59 Å². The minimum atomic E-state index is -0.0220. The van der Waals surface area contributed by atoms with Crippen molar-refractivity contribution in [1.29, 1.82) is 0 Å². The lowest BCUT2D eigenvalue weighted by Gasteiger charge is -2.09.